The molecule has 0 aliphatic heterocycles. The van der Waals surface area contributed by atoms with E-state index in [0.29, 0.717) is 0 Å². The average Bonchev–Trinajstić information content (AvgIpc) is 2.00. The highest BCUT2D eigenvalue weighted by Crippen LogP contribution is 2.20. The third-order valence-corrected chi connectivity index (χ3v) is 2.50. The summed E-state index contributed by atoms with van der Waals surface area (Å²) in [7, 11) is 0. The first-order chi connectivity index (χ1) is 6.62. The van der Waals surface area contributed by atoms with Gasteiger partial charge in [0.15, 0.2) is 5.43 Å². The molecule has 0 amide bonds. The van der Waals surface area contributed by atoms with Crippen molar-refractivity contribution < 1.29 is 0 Å². The average molecular weight is 207 g/mol. The van der Waals surface area contributed by atoms with Gasteiger partial charge < -0.3 is 4.57 Å². The van der Waals surface area contributed by atoms with Crippen LogP contribution in [0.15, 0.2) is 23.3 Å². The summed E-state index contributed by atoms with van der Waals surface area (Å²) in [6, 6.07) is 1.66. The summed E-state index contributed by atoms with van der Waals surface area (Å²) < 4.78 is 2.09. The van der Waals surface area contributed by atoms with Crippen molar-refractivity contribution in [2.24, 2.45) is 0 Å². The molecule has 0 radical (unpaired) electrons. The molecule has 0 saturated heterocycles. The van der Waals surface area contributed by atoms with Crippen LogP contribution in [0.3, 0.4) is 0 Å². The Balaban J connectivity index is 3.37. The van der Waals surface area contributed by atoms with E-state index in [1.165, 1.54) is 0 Å². The minimum absolute atomic E-state index is 0.0215. The number of aromatic nitrogens is 1. The maximum atomic E-state index is 11.7. The molecule has 1 rings (SSSR count). The van der Waals surface area contributed by atoms with Gasteiger partial charge in [-0.2, -0.15) is 0 Å². The minimum atomic E-state index is -0.0919. The van der Waals surface area contributed by atoms with E-state index in [9.17, 15) is 4.79 Å². The van der Waals surface area contributed by atoms with Gasteiger partial charge in [0.05, 0.1) is 0 Å². The molecule has 1 aromatic heterocycles. The Morgan fingerprint density at radius 3 is 2.00 bits per heavy atom. The molecular weight excluding hydrogens is 186 g/mol. The number of hydrogen-bond acceptors (Lipinski definition) is 1. The zero-order valence-electron chi connectivity index (χ0n) is 10.6. The van der Waals surface area contributed by atoms with Gasteiger partial charge in [0.1, 0.15) is 0 Å². The Labute approximate surface area is 91.9 Å². The number of rotatable bonds is 0. The molecular formula is C13H21NO. The molecule has 0 N–H and O–H groups in total. The summed E-state index contributed by atoms with van der Waals surface area (Å²) in [4.78, 5) is 11.7. The molecule has 1 heterocycles. The standard InChI is InChI=1S/C13H21NO/c1-12(2,3)10-9-14(13(4,5)6)8-7-11(10)15/h7-9H,1-6H3. The quantitative estimate of drug-likeness (QED) is 0.641. The molecule has 0 atom stereocenters. The second kappa shape index (κ2) is 3.51. The second-order valence-corrected chi connectivity index (χ2v) is 6.05. The SMILES string of the molecule is CC(C)(C)c1cn(C(C)(C)C)ccc1=O. The van der Waals surface area contributed by atoms with E-state index in [0.717, 1.165) is 5.56 Å². The lowest BCUT2D eigenvalue weighted by atomic mass is 9.87. The van der Waals surface area contributed by atoms with Crippen molar-refractivity contribution in [3.63, 3.8) is 0 Å². The predicted molar refractivity (Wildman–Crippen MR) is 64.4 cm³/mol. The van der Waals surface area contributed by atoms with E-state index < -0.39 is 0 Å². The Morgan fingerprint density at radius 1 is 1.07 bits per heavy atom. The molecule has 0 bridgehead atoms. The molecule has 0 fully saturated rings. The lowest BCUT2D eigenvalue weighted by Gasteiger charge is -2.26. The lowest BCUT2D eigenvalue weighted by molar-refractivity contribution is 0.389. The highest BCUT2D eigenvalue weighted by molar-refractivity contribution is 5.20. The van der Waals surface area contributed by atoms with Gasteiger partial charge in [-0.1, -0.05) is 20.8 Å². The van der Waals surface area contributed by atoms with Gasteiger partial charge in [-0.3, -0.25) is 4.79 Å². The topological polar surface area (TPSA) is 22.0 Å². The first kappa shape index (κ1) is 12.0. The maximum absolute atomic E-state index is 11.7. The van der Waals surface area contributed by atoms with Crippen LogP contribution in [0.1, 0.15) is 47.1 Å². The van der Waals surface area contributed by atoms with Gasteiger partial charge >= 0.3 is 0 Å². The third kappa shape index (κ3) is 2.71. The van der Waals surface area contributed by atoms with Crippen LogP contribution in [0, 0.1) is 0 Å². The molecule has 15 heavy (non-hydrogen) atoms. The van der Waals surface area contributed by atoms with Gasteiger partial charge in [0.25, 0.3) is 0 Å². The van der Waals surface area contributed by atoms with Crippen molar-refractivity contribution in [3.05, 3.63) is 34.2 Å². The molecule has 0 saturated carbocycles. The minimum Gasteiger partial charge on any atom is -0.349 e. The Morgan fingerprint density at radius 2 is 1.60 bits per heavy atom. The van der Waals surface area contributed by atoms with Crippen molar-refractivity contribution in [3.8, 4) is 0 Å². The summed E-state index contributed by atoms with van der Waals surface area (Å²) in [6.45, 7) is 12.6. The summed E-state index contributed by atoms with van der Waals surface area (Å²) in [5.41, 5.74) is 0.932. The molecule has 84 valence electrons. The highest BCUT2D eigenvalue weighted by atomic mass is 16.1. The Bertz CT molecular complexity index is 402. The van der Waals surface area contributed by atoms with Crippen LogP contribution < -0.4 is 5.43 Å². The fourth-order valence-corrected chi connectivity index (χ4v) is 1.46. The molecule has 0 unspecified atom stereocenters. The van der Waals surface area contributed by atoms with Crippen LogP contribution in [-0.2, 0) is 11.0 Å². The second-order valence-electron chi connectivity index (χ2n) is 6.05. The first-order valence-electron chi connectivity index (χ1n) is 5.35. The maximum Gasteiger partial charge on any atom is 0.185 e. The van der Waals surface area contributed by atoms with Crippen LogP contribution in [0.2, 0.25) is 0 Å². The predicted octanol–water partition coefficient (Wildman–Crippen LogP) is 2.90. The molecule has 2 heteroatoms. The number of nitrogens with zero attached hydrogens (tertiary/aromatic N) is 1. The Hall–Kier alpha value is -1.05. The lowest BCUT2D eigenvalue weighted by Crippen LogP contribution is -2.28. The molecule has 2 nitrogen and oxygen atoms in total. The third-order valence-electron chi connectivity index (χ3n) is 2.50. The molecule has 0 aliphatic carbocycles. The van der Waals surface area contributed by atoms with Crippen LogP contribution in [-0.4, -0.2) is 4.57 Å². The fourth-order valence-electron chi connectivity index (χ4n) is 1.46. The monoisotopic (exact) mass is 207 g/mol. The smallest absolute Gasteiger partial charge is 0.185 e. The van der Waals surface area contributed by atoms with Gasteiger partial charge in [0.2, 0.25) is 0 Å². The largest absolute Gasteiger partial charge is 0.349 e. The normalized spacial score (nSPS) is 12.9. The molecule has 0 aromatic carbocycles. The van der Waals surface area contributed by atoms with Crippen molar-refractivity contribution >= 4 is 0 Å². The zero-order chi connectivity index (χ0) is 11.9. The summed E-state index contributed by atoms with van der Waals surface area (Å²) >= 11 is 0. The molecule has 1 aromatic rings. The first-order valence-corrected chi connectivity index (χ1v) is 5.35. The zero-order valence-corrected chi connectivity index (χ0v) is 10.6. The summed E-state index contributed by atoms with van der Waals surface area (Å²) in [6.07, 6.45) is 3.83. The van der Waals surface area contributed by atoms with Gasteiger partial charge in [0, 0.05) is 29.6 Å². The van der Waals surface area contributed by atoms with Gasteiger partial charge in [-0.25, -0.2) is 0 Å². The van der Waals surface area contributed by atoms with E-state index in [2.05, 4.69) is 46.1 Å². The van der Waals surface area contributed by atoms with Crippen molar-refractivity contribution in [2.75, 3.05) is 0 Å². The highest BCUT2D eigenvalue weighted by Gasteiger charge is 2.20. The van der Waals surface area contributed by atoms with E-state index in [1.807, 2.05) is 12.4 Å². The van der Waals surface area contributed by atoms with Crippen LogP contribution in [0.25, 0.3) is 0 Å². The van der Waals surface area contributed by atoms with E-state index >= 15 is 0 Å². The van der Waals surface area contributed by atoms with Gasteiger partial charge in [-0.15, -0.1) is 0 Å². The molecule has 0 aliphatic rings. The van der Waals surface area contributed by atoms with E-state index in [-0.39, 0.29) is 16.4 Å². The van der Waals surface area contributed by atoms with Crippen molar-refractivity contribution in [1.82, 2.24) is 4.57 Å². The molecule has 0 spiro atoms. The van der Waals surface area contributed by atoms with Crippen LogP contribution in [0.4, 0.5) is 0 Å². The van der Waals surface area contributed by atoms with Gasteiger partial charge in [-0.05, 0) is 26.2 Å². The van der Waals surface area contributed by atoms with E-state index in [4.69, 9.17) is 0 Å². The number of hydrogen-bond donors (Lipinski definition) is 0. The van der Waals surface area contributed by atoms with Crippen LogP contribution in [0.5, 0.6) is 0 Å². The summed E-state index contributed by atoms with van der Waals surface area (Å²) in [5, 5.41) is 0. The fraction of sp³-hybridized carbons (Fsp3) is 0.615. The van der Waals surface area contributed by atoms with Crippen molar-refractivity contribution in [2.45, 2.75) is 52.5 Å². The summed E-state index contributed by atoms with van der Waals surface area (Å²) in [5.74, 6) is 0. The number of pyridine rings is 1. The van der Waals surface area contributed by atoms with Crippen molar-refractivity contribution in [1.29, 1.82) is 0 Å². The Kier molecular flexibility index (Phi) is 2.81. The van der Waals surface area contributed by atoms with Crippen LogP contribution >= 0.6 is 0 Å². The van der Waals surface area contributed by atoms with E-state index in [1.54, 1.807) is 6.07 Å².